The largest absolute Gasteiger partial charge is 0.493 e. The molecule has 2 amide bonds. The summed E-state index contributed by atoms with van der Waals surface area (Å²) in [6.45, 7) is 1.02. The summed E-state index contributed by atoms with van der Waals surface area (Å²) in [5, 5.41) is 15.6. The number of anilines is 1. The van der Waals surface area contributed by atoms with Gasteiger partial charge in [0.15, 0.2) is 23.0 Å². The van der Waals surface area contributed by atoms with Gasteiger partial charge in [-0.1, -0.05) is 6.07 Å². The minimum Gasteiger partial charge on any atom is -0.493 e. The molecule has 27 heavy (non-hydrogen) atoms. The second-order valence-corrected chi connectivity index (χ2v) is 5.82. The highest BCUT2D eigenvalue weighted by molar-refractivity contribution is 5.89. The molecule has 1 unspecified atom stereocenters. The van der Waals surface area contributed by atoms with Gasteiger partial charge in [-0.3, -0.25) is 0 Å². The summed E-state index contributed by atoms with van der Waals surface area (Å²) in [6, 6.07) is 9.79. The quantitative estimate of drug-likeness (QED) is 0.718. The number of ether oxygens (including phenoxy) is 4. The fourth-order valence-corrected chi connectivity index (χ4v) is 2.66. The molecule has 0 radical (unpaired) electrons. The summed E-state index contributed by atoms with van der Waals surface area (Å²) in [5.74, 6) is 2.31. The first-order chi connectivity index (χ1) is 13.1. The van der Waals surface area contributed by atoms with Gasteiger partial charge in [-0.05, 0) is 29.8 Å². The molecular weight excluding hydrogens is 352 g/mol. The molecule has 0 fully saturated rings. The SMILES string of the molecule is COc1ccc(NC(=O)NCC(O)c2ccc3c(c2)OCCO3)cc1OC. The van der Waals surface area contributed by atoms with E-state index in [9.17, 15) is 9.90 Å². The van der Waals surface area contributed by atoms with Crippen molar-refractivity contribution >= 4 is 11.7 Å². The highest BCUT2D eigenvalue weighted by Crippen LogP contribution is 2.32. The van der Waals surface area contributed by atoms with Crippen LogP contribution >= 0.6 is 0 Å². The molecule has 1 aliphatic heterocycles. The van der Waals surface area contributed by atoms with Gasteiger partial charge in [0.1, 0.15) is 13.2 Å². The van der Waals surface area contributed by atoms with Crippen LogP contribution in [0.4, 0.5) is 10.5 Å². The highest BCUT2D eigenvalue weighted by Gasteiger charge is 2.16. The van der Waals surface area contributed by atoms with Crippen molar-refractivity contribution in [2.24, 2.45) is 0 Å². The van der Waals surface area contributed by atoms with E-state index in [1.165, 1.54) is 14.2 Å². The number of fused-ring (bicyclic) bond motifs is 1. The summed E-state index contributed by atoms with van der Waals surface area (Å²) < 4.78 is 21.3. The van der Waals surface area contributed by atoms with Crippen molar-refractivity contribution in [3.63, 3.8) is 0 Å². The Bertz CT molecular complexity index is 811. The third-order valence-electron chi connectivity index (χ3n) is 4.05. The van der Waals surface area contributed by atoms with Gasteiger partial charge in [0.05, 0.1) is 20.3 Å². The van der Waals surface area contributed by atoms with Crippen LogP contribution in [0.1, 0.15) is 11.7 Å². The molecule has 1 atom stereocenters. The summed E-state index contributed by atoms with van der Waals surface area (Å²) in [5.41, 5.74) is 1.17. The van der Waals surface area contributed by atoms with Crippen LogP contribution in [0, 0.1) is 0 Å². The number of hydrogen-bond acceptors (Lipinski definition) is 6. The van der Waals surface area contributed by atoms with E-state index in [-0.39, 0.29) is 6.54 Å². The van der Waals surface area contributed by atoms with Gasteiger partial charge in [0, 0.05) is 18.3 Å². The Kier molecular flexibility index (Phi) is 5.87. The third-order valence-corrected chi connectivity index (χ3v) is 4.05. The maximum absolute atomic E-state index is 12.1. The van der Waals surface area contributed by atoms with Gasteiger partial charge in [-0.15, -0.1) is 0 Å². The lowest BCUT2D eigenvalue weighted by Crippen LogP contribution is -2.32. The molecule has 1 aliphatic rings. The van der Waals surface area contributed by atoms with Crippen molar-refractivity contribution in [3.05, 3.63) is 42.0 Å². The molecule has 8 heteroatoms. The first-order valence-corrected chi connectivity index (χ1v) is 8.45. The Morgan fingerprint density at radius 3 is 2.56 bits per heavy atom. The van der Waals surface area contributed by atoms with Crippen LogP contribution in [0.3, 0.4) is 0 Å². The van der Waals surface area contributed by atoms with E-state index in [2.05, 4.69) is 10.6 Å². The van der Waals surface area contributed by atoms with Crippen molar-refractivity contribution in [1.29, 1.82) is 0 Å². The lowest BCUT2D eigenvalue weighted by Gasteiger charge is -2.20. The number of methoxy groups -OCH3 is 2. The molecule has 2 aromatic rings. The van der Waals surface area contributed by atoms with Gasteiger partial charge < -0.3 is 34.7 Å². The van der Waals surface area contributed by atoms with Gasteiger partial charge in [0.2, 0.25) is 0 Å². The van der Waals surface area contributed by atoms with Gasteiger partial charge in [0.25, 0.3) is 0 Å². The van der Waals surface area contributed by atoms with Crippen molar-refractivity contribution in [2.45, 2.75) is 6.10 Å². The molecule has 0 aliphatic carbocycles. The maximum Gasteiger partial charge on any atom is 0.319 e. The van der Waals surface area contributed by atoms with Gasteiger partial charge >= 0.3 is 6.03 Å². The van der Waals surface area contributed by atoms with Crippen molar-refractivity contribution in [3.8, 4) is 23.0 Å². The molecule has 2 aromatic carbocycles. The first-order valence-electron chi connectivity index (χ1n) is 8.45. The fraction of sp³-hybridized carbons (Fsp3) is 0.316. The Morgan fingerprint density at radius 1 is 1.07 bits per heavy atom. The molecule has 0 bridgehead atoms. The second-order valence-electron chi connectivity index (χ2n) is 5.82. The lowest BCUT2D eigenvalue weighted by molar-refractivity contribution is 0.163. The van der Waals surface area contributed by atoms with E-state index < -0.39 is 12.1 Å². The van der Waals surface area contributed by atoms with Gasteiger partial charge in [-0.25, -0.2) is 4.79 Å². The van der Waals surface area contributed by atoms with E-state index in [1.807, 2.05) is 0 Å². The number of rotatable bonds is 6. The van der Waals surface area contributed by atoms with Gasteiger partial charge in [-0.2, -0.15) is 0 Å². The number of benzene rings is 2. The van der Waals surface area contributed by atoms with E-state index in [4.69, 9.17) is 18.9 Å². The summed E-state index contributed by atoms with van der Waals surface area (Å²) in [6.07, 6.45) is -0.878. The Hall–Kier alpha value is -3.13. The number of carbonyl (C=O) groups excluding carboxylic acids is 1. The molecule has 0 aromatic heterocycles. The predicted octanol–water partition coefficient (Wildman–Crippen LogP) is 2.33. The number of aliphatic hydroxyl groups is 1. The van der Waals surface area contributed by atoms with E-state index in [0.29, 0.717) is 47.5 Å². The zero-order chi connectivity index (χ0) is 19.2. The van der Waals surface area contributed by atoms with Crippen LogP contribution in [0.5, 0.6) is 23.0 Å². The summed E-state index contributed by atoms with van der Waals surface area (Å²) >= 11 is 0. The highest BCUT2D eigenvalue weighted by atomic mass is 16.6. The number of nitrogens with one attached hydrogen (secondary N) is 2. The molecule has 144 valence electrons. The average Bonchev–Trinajstić information content (AvgIpc) is 2.71. The summed E-state index contributed by atoms with van der Waals surface area (Å²) in [7, 11) is 3.06. The number of urea groups is 1. The average molecular weight is 374 g/mol. The normalized spacial score (nSPS) is 13.4. The Balaban J connectivity index is 1.56. The van der Waals surface area contributed by atoms with E-state index >= 15 is 0 Å². The molecule has 8 nitrogen and oxygen atoms in total. The van der Waals surface area contributed by atoms with Crippen molar-refractivity contribution < 1.29 is 28.8 Å². The van der Waals surface area contributed by atoms with E-state index in [1.54, 1.807) is 36.4 Å². The molecular formula is C19H22N2O6. The first kappa shape index (κ1) is 18.7. The summed E-state index contributed by atoms with van der Waals surface area (Å²) in [4.78, 5) is 12.1. The number of carbonyl (C=O) groups is 1. The minimum absolute atomic E-state index is 0.0404. The standard InChI is InChI=1S/C19H22N2O6/c1-24-15-6-4-13(10-17(15)25-2)21-19(23)20-11-14(22)12-3-5-16-18(9-12)27-8-7-26-16/h3-6,9-10,14,22H,7-8,11H2,1-2H3,(H2,20,21,23). The monoisotopic (exact) mass is 374 g/mol. The lowest BCUT2D eigenvalue weighted by atomic mass is 10.1. The van der Waals surface area contributed by atoms with Crippen molar-refractivity contribution in [1.82, 2.24) is 5.32 Å². The number of aliphatic hydroxyl groups excluding tert-OH is 1. The minimum atomic E-state index is -0.878. The van der Waals surface area contributed by atoms with Crippen LogP contribution in [-0.4, -0.2) is 45.1 Å². The zero-order valence-corrected chi connectivity index (χ0v) is 15.2. The fourth-order valence-electron chi connectivity index (χ4n) is 2.66. The Morgan fingerprint density at radius 2 is 1.81 bits per heavy atom. The maximum atomic E-state index is 12.1. The molecule has 3 rings (SSSR count). The molecule has 0 spiro atoms. The van der Waals surface area contributed by atoms with Crippen LogP contribution < -0.4 is 29.6 Å². The Labute approximate surface area is 157 Å². The van der Waals surface area contributed by atoms with Crippen LogP contribution in [0.2, 0.25) is 0 Å². The predicted molar refractivity (Wildman–Crippen MR) is 99.0 cm³/mol. The second kappa shape index (κ2) is 8.50. The molecule has 3 N–H and O–H groups in total. The molecule has 1 heterocycles. The van der Waals surface area contributed by atoms with Crippen LogP contribution in [0.15, 0.2) is 36.4 Å². The zero-order valence-electron chi connectivity index (χ0n) is 15.2. The third kappa shape index (κ3) is 4.53. The number of hydrogen-bond donors (Lipinski definition) is 3. The molecule has 0 saturated carbocycles. The smallest absolute Gasteiger partial charge is 0.319 e. The van der Waals surface area contributed by atoms with Crippen molar-refractivity contribution in [2.75, 3.05) is 39.3 Å². The van der Waals surface area contributed by atoms with Crippen LogP contribution in [0.25, 0.3) is 0 Å². The molecule has 0 saturated heterocycles. The number of amides is 2. The van der Waals surface area contributed by atoms with Crippen LogP contribution in [-0.2, 0) is 0 Å². The topological polar surface area (TPSA) is 98.3 Å². The van der Waals surface area contributed by atoms with E-state index in [0.717, 1.165) is 0 Å².